The van der Waals surface area contributed by atoms with Crippen LogP contribution >= 0.6 is 0 Å². The molecule has 1 aliphatic heterocycles. The lowest BCUT2D eigenvalue weighted by atomic mass is 10.1. The van der Waals surface area contributed by atoms with Crippen LogP contribution in [0.5, 0.6) is 0 Å². The van der Waals surface area contributed by atoms with E-state index >= 15 is 0 Å². The van der Waals surface area contributed by atoms with Crippen molar-refractivity contribution in [3.05, 3.63) is 0 Å². The Kier molecular flexibility index (Phi) is 8.73. The van der Waals surface area contributed by atoms with Gasteiger partial charge in [0.15, 0.2) is 0 Å². The number of nitrogens with one attached hydrogen (secondary N) is 2. The molecule has 0 atom stereocenters. The van der Waals surface area contributed by atoms with Crippen molar-refractivity contribution >= 4 is 10.2 Å². The fourth-order valence-corrected chi connectivity index (χ4v) is 3.38. The summed E-state index contributed by atoms with van der Waals surface area (Å²) in [5.74, 6) is 0. The average molecular weight is 321 g/mol. The highest BCUT2D eigenvalue weighted by Gasteiger charge is 2.17. The minimum Gasteiger partial charge on any atom is -0.314 e. The zero-order valence-electron chi connectivity index (χ0n) is 13.8. The molecule has 0 unspecified atom stereocenters. The van der Waals surface area contributed by atoms with E-state index in [0.29, 0.717) is 19.1 Å². The molecule has 0 aliphatic carbocycles. The molecular formula is C14H32N4O2S. The molecule has 126 valence electrons. The highest BCUT2D eigenvalue weighted by molar-refractivity contribution is 7.87. The van der Waals surface area contributed by atoms with Crippen molar-refractivity contribution in [2.75, 3.05) is 46.3 Å². The number of nitrogens with zero attached hydrogens (tertiary/aromatic N) is 2. The van der Waals surface area contributed by atoms with Gasteiger partial charge in [0.2, 0.25) is 0 Å². The Morgan fingerprint density at radius 2 is 1.81 bits per heavy atom. The van der Waals surface area contributed by atoms with Crippen LogP contribution in [0.3, 0.4) is 0 Å². The standard InChI is InChI=1S/C14H32N4O2S/c1-14(2)15-8-7-10-17(3)21(19,20)16-9-13-18-11-5-4-6-12-18/h14-16H,4-13H2,1-3H3. The Bertz CT molecular complexity index is 367. The fraction of sp³-hybridized carbons (Fsp3) is 1.00. The first-order valence-electron chi connectivity index (χ1n) is 8.08. The van der Waals surface area contributed by atoms with Gasteiger partial charge in [-0.05, 0) is 38.9 Å². The zero-order valence-corrected chi connectivity index (χ0v) is 14.6. The van der Waals surface area contributed by atoms with Gasteiger partial charge >= 0.3 is 0 Å². The summed E-state index contributed by atoms with van der Waals surface area (Å²) in [5.41, 5.74) is 0. The second-order valence-corrected chi connectivity index (χ2v) is 7.95. The molecule has 1 heterocycles. The first-order chi connectivity index (χ1) is 9.92. The van der Waals surface area contributed by atoms with E-state index in [-0.39, 0.29) is 0 Å². The monoisotopic (exact) mass is 320 g/mol. The third kappa shape index (κ3) is 8.11. The van der Waals surface area contributed by atoms with Crippen LogP contribution in [-0.2, 0) is 10.2 Å². The molecule has 1 aliphatic rings. The third-order valence-corrected chi connectivity index (χ3v) is 5.35. The van der Waals surface area contributed by atoms with E-state index in [2.05, 4.69) is 28.8 Å². The molecule has 0 amide bonds. The molecule has 0 saturated carbocycles. The first-order valence-corrected chi connectivity index (χ1v) is 9.52. The van der Waals surface area contributed by atoms with E-state index in [1.165, 1.54) is 23.6 Å². The predicted molar refractivity (Wildman–Crippen MR) is 87.6 cm³/mol. The summed E-state index contributed by atoms with van der Waals surface area (Å²) in [6.07, 6.45) is 4.59. The van der Waals surface area contributed by atoms with Crippen LogP contribution < -0.4 is 10.0 Å². The summed E-state index contributed by atoms with van der Waals surface area (Å²) in [4.78, 5) is 2.33. The summed E-state index contributed by atoms with van der Waals surface area (Å²) in [6, 6.07) is 0.439. The topological polar surface area (TPSA) is 64.7 Å². The lowest BCUT2D eigenvalue weighted by Gasteiger charge is -2.26. The zero-order chi connectivity index (χ0) is 15.7. The number of hydrogen-bond donors (Lipinski definition) is 2. The summed E-state index contributed by atoms with van der Waals surface area (Å²) < 4.78 is 28.3. The number of rotatable bonds is 10. The molecule has 6 nitrogen and oxygen atoms in total. The van der Waals surface area contributed by atoms with Gasteiger partial charge in [-0.1, -0.05) is 20.3 Å². The summed E-state index contributed by atoms with van der Waals surface area (Å²) in [6.45, 7) is 9.05. The SMILES string of the molecule is CC(C)NCCCN(C)S(=O)(=O)NCCN1CCCCC1. The molecule has 1 rings (SSSR count). The maximum atomic E-state index is 12.1. The normalized spacial score (nSPS) is 17.8. The molecular weight excluding hydrogens is 288 g/mol. The van der Waals surface area contributed by atoms with E-state index in [9.17, 15) is 8.42 Å². The van der Waals surface area contributed by atoms with Crippen LogP contribution in [0.4, 0.5) is 0 Å². The van der Waals surface area contributed by atoms with E-state index in [4.69, 9.17) is 0 Å². The van der Waals surface area contributed by atoms with Crippen LogP contribution in [0.1, 0.15) is 39.5 Å². The van der Waals surface area contributed by atoms with Crippen molar-refractivity contribution < 1.29 is 8.42 Å². The highest BCUT2D eigenvalue weighted by Crippen LogP contribution is 2.07. The van der Waals surface area contributed by atoms with Crippen molar-refractivity contribution in [1.82, 2.24) is 19.2 Å². The van der Waals surface area contributed by atoms with E-state index in [1.807, 2.05) is 0 Å². The summed E-state index contributed by atoms with van der Waals surface area (Å²) in [7, 11) is -1.70. The Morgan fingerprint density at radius 1 is 1.14 bits per heavy atom. The molecule has 21 heavy (non-hydrogen) atoms. The second kappa shape index (κ2) is 9.74. The summed E-state index contributed by atoms with van der Waals surface area (Å²) >= 11 is 0. The van der Waals surface area contributed by atoms with Gasteiger partial charge in [-0.15, -0.1) is 0 Å². The summed E-state index contributed by atoms with van der Waals surface area (Å²) in [5, 5.41) is 3.29. The van der Waals surface area contributed by atoms with Gasteiger partial charge < -0.3 is 10.2 Å². The molecule has 0 bridgehead atoms. The molecule has 1 fully saturated rings. The maximum absolute atomic E-state index is 12.1. The van der Waals surface area contributed by atoms with Crippen LogP contribution in [0.2, 0.25) is 0 Å². The van der Waals surface area contributed by atoms with Gasteiger partial charge in [-0.25, -0.2) is 4.72 Å². The largest absolute Gasteiger partial charge is 0.314 e. The number of likely N-dealkylation sites (tertiary alicyclic amines) is 1. The minimum atomic E-state index is -3.33. The maximum Gasteiger partial charge on any atom is 0.279 e. The van der Waals surface area contributed by atoms with Crippen molar-refractivity contribution in [1.29, 1.82) is 0 Å². The fourth-order valence-electron chi connectivity index (χ4n) is 2.44. The lowest BCUT2D eigenvalue weighted by molar-refractivity contribution is 0.232. The van der Waals surface area contributed by atoms with Gasteiger partial charge in [-0.2, -0.15) is 12.7 Å². The molecule has 0 radical (unpaired) electrons. The van der Waals surface area contributed by atoms with E-state index in [1.54, 1.807) is 7.05 Å². The molecule has 0 aromatic heterocycles. The molecule has 2 N–H and O–H groups in total. The Hall–Kier alpha value is -0.210. The Balaban J connectivity index is 2.18. The smallest absolute Gasteiger partial charge is 0.279 e. The van der Waals surface area contributed by atoms with Gasteiger partial charge in [0.05, 0.1) is 0 Å². The highest BCUT2D eigenvalue weighted by atomic mass is 32.2. The number of hydrogen-bond acceptors (Lipinski definition) is 4. The van der Waals surface area contributed by atoms with Crippen molar-refractivity contribution in [2.45, 2.75) is 45.6 Å². The van der Waals surface area contributed by atoms with Crippen molar-refractivity contribution in [3.63, 3.8) is 0 Å². The van der Waals surface area contributed by atoms with Crippen LogP contribution in [0, 0.1) is 0 Å². The molecule has 0 spiro atoms. The minimum absolute atomic E-state index is 0.439. The van der Waals surface area contributed by atoms with Gasteiger partial charge in [0.25, 0.3) is 10.2 Å². The van der Waals surface area contributed by atoms with Crippen LogP contribution in [0.25, 0.3) is 0 Å². The van der Waals surface area contributed by atoms with Gasteiger partial charge in [0.1, 0.15) is 0 Å². The Morgan fingerprint density at radius 3 is 2.43 bits per heavy atom. The predicted octanol–water partition coefficient (Wildman–Crippen LogP) is 0.627. The Labute approximate surface area is 130 Å². The first kappa shape index (κ1) is 18.8. The van der Waals surface area contributed by atoms with E-state index in [0.717, 1.165) is 32.6 Å². The van der Waals surface area contributed by atoms with E-state index < -0.39 is 10.2 Å². The van der Waals surface area contributed by atoms with Crippen LogP contribution in [-0.4, -0.2) is 70.0 Å². The van der Waals surface area contributed by atoms with Crippen molar-refractivity contribution in [2.24, 2.45) is 0 Å². The average Bonchev–Trinajstić information content (AvgIpc) is 2.44. The van der Waals surface area contributed by atoms with Gasteiger partial charge in [0, 0.05) is 32.7 Å². The molecule has 0 aromatic rings. The second-order valence-electron chi connectivity index (χ2n) is 6.09. The quantitative estimate of drug-likeness (QED) is 0.580. The molecule has 7 heteroatoms. The molecule has 1 saturated heterocycles. The third-order valence-electron chi connectivity index (χ3n) is 3.77. The number of piperidine rings is 1. The van der Waals surface area contributed by atoms with Crippen molar-refractivity contribution in [3.8, 4) is 0 Å². The van der Waals surface area contributed by atoms with Crippen LogP contribution in [0.15, 0.2) is 0 Å². The lowest BCUT2D eigenvalue weighted by Crippen LogP contribution is -2.43. The van der Waals surface area contributed by atoms with Gasteiger partial charge in [-0.3, -0.25) is 0 Å². The molecule has 0 aromatic carbocycles.